The quantitative estimate of drug-likeness (QED) is 0.229. The minimum atomic E-state index is -1.42. The van der Waals surface area contributed by atoms with Crippen LogP contribution >= 0.6 is 9.03 Å². The summed E-state index contributed by atoms with van der Waals surface area (Å²) in [5.41, 5.74) is 0. The predicted molar refractivity (Wildman–Crippen MR) is 8.31 cm³/mol. The van der Waals surface area contributed by atoms with E-state index in [0.717, 1.165) is 0 Å². The predicted octanol–water partition coefficient (Wildman–Crippen LogP) is -7.78. The maximum Gasteiger partial charge on any atom is 1.00 e. The van der Waals surface area contributed by atoms with E-state index in [-0.39, 0.29) is 59.1 Å². The standard InChI is InChI=1S/2Na.HO2P/c;;1-3-2/h;;3H/q2*+1;-2. The molecule has 0 N–H and O–H groups in total. The van der Waals surface area contributed by atoms with Crippen molar-refractivity contribution in [3.8, 4) is 0 Å². The first-order valence-electron chi connectivity index (χ1n) is 0.408. The molecule has 0 aliphatic rings. The first-order chi connectivity index (χ1) is 1.41. The van der Waals surface area contributed by atoms with Crippen LogP contribution in [0.3, 0.4) is 0 Å². The van der Waals surface area contributed by atoms with Crippen molar-refractivity contribution >= 4 is 9.03 Å². The van der Waals surface area contributed by atoms with E-state index in [1.54, 1.807) is 0 Å². The van der Waals surface area contributed by atoms with Gasteiger partial charge in [-0.15, -0.1) is 0 Å². The molecule has 0 amide bonds. The molecule has 0 aromatic heterocycles. The van der Waals surface area contributed by atoms with Crippen LogP contribution in [0.15, 0.2) is 0 Å². The van der Waals surface area contributed by atoms with Crippen molar-refractivity contribution in [1.29, 1.82) is 0 Å². The summed E-state index contributed by atoms with van der Waals surface area (Å²) in [6, 6.07) is 0. The molecule has 0 bridgehead atoms. The molecule has 0 radical (unpaired) electrons. The molecule has 0 saturated heterocycles. The van der Waals surface area contributed by atoms with E-state index in [0.29, 0.717) is 0 Å². The smallest absolute Gasteiger partial charge is 0.844 e. The first kappa shape index (κ1) is 15.7. The molecule has 5 heteroatoms. The monoisotopic (exact) mass is 110 g/mol. The van der Waals surface area contributed by atoms with Crippen LogP contribution in [-0.2, 0) is 0 Å². The second-order valence-electron chi connectivity index (χ2n) is 0.0833. The van der Waals surface area contributed by atoms with E-state index in [1.807, 2.05) is 0 Å². The Kier molecular flexibility index (Phi) is 50.7. The molecule has 0 heterocycles. The molecule has 0 atom stereocenters. The molecular formula is HNa2O2P. The van der Waals surface area contributed by atoms with Gasteiger partial charge >= 0.3 is 59.1 Å². The molecule has 0 saturated carbocycles. The topological polar surface area (TPSA) is 46.1 Å². The molecule has 0 aromatic carbocycles. The largest absolute Gasteiger partial charge is 1.00 e. The average Bonchev–Trinajstić information content (AvgIpc) is 0.918. The Morgan fingerprint density at radius 1 is 1.00 bits per heavy atom. The minimum Gasteiger partial charge on any atom is -0.844 e. The van der Waals surface area contributed by atoms with E-state index in [4.69, 9.17) is 9.79 Å². The van der Waals surface area contributed by atoms with Gasteiger partial charge in [0.25, 0.3) is 0 Å². The summed E-state index contributed by atoms with van der Waals surface area (Å²) >= 11 is 0. The molecule has 20 valence electrons. The molecular weight excluding hydrogens is 109 g/mol. The van der Waals surface area contributed by atoms with Gasteiger partial charge in [0.1, 0.15) is 0 Å². The number of rotatable bonds is 0. The van der Waals surface area contributed by atoms with Crippen LogP contribution in [0.25, 0.3) is 0 Å². The molecule has 0 aliphatic heterocycles. The van der Waals surface area contributed by atoms with Gasteiger partial charge < -0.3 is 18.8 Å². The molecule has 5 heavy (non-hydrogen) atoms. The molecule has 0 unspecified atom stereocenters. The van der Waals surface area contributed by atoms with Crippen molar-refractivity contribution in [3.05, 3.63) is 0 Å². The summed E-state index contributed by atoms with van der Waals surface area (Å²) < 4.78 is 0. The molecule has 0 aromatic rings. The van der Waals surface area contributed by atoms with Gasteiger partial charge in [-0.05, 0) is 0 Å². The van der Waals surface area contributed by atoms with E-state index >= 15 is 0 Å². The van der Waals surface area contributed by atoms with Crippen molar-refractivity contribution in [3.63, 3.8) is 0 Å². The van der Waals surface area contributed by atoms with Gasteiger partial charge in [-0.2, -0.15) is 0 Å². The Morgan fingerprint density at radius 2 is 1.00 bits per heavy atom. The Morgan fingerprint density at radius 3 is 1.00 bits per heavy atom. The minimum absolute atomic E-state index is 0. The molecule has 0 aliphatic carbocycles. The second-order valence-corrected chi connectivity index (χ2v) is 0.250. The average molecular weight is 110 g/mol. The van der Waals surface area contributed by atoms with E-state index < -0.39 is 9.03 Å². The van der Waals surface area contributed by atoms with Crippen molar-refractivity contribution in [2.45, 2.75) is 0 Å². The van der Waals surface area contributed by atoms with Gasteiger partial charge in [-0.3, -0.25) is 0 Å². The third-order valence-electron chi connectivity index (χ3n) is 0. The van der Waals surface area contributed by atoms with Crippen molar-refractivity contribution in [2.75, 3.05) is 0 Å². The molecule has 0 spiro atoms. The maximum absolute atomic E-state index is 8.40. The normalized spacial score (nSPS) is 3.60. The summed E-state index contributed by atoms with van der Waals surface area (Å²) in [5, 5.41) is 0. The summed E-state index contributed by atoms with van der Waals surface area (Å²) in [7, 11) is -1.42. The second kappa shape index (κ2) is 16.2. The zero-order chi connectivity index (χ0) is 2.71. The first-order valence-corrected chi connectivity index (χ1v) is 1.22. The van der Waals surface area contributed by atoms with Gasteiger partial charge in [0.05, 0.1) is 0 Å². The summed E-state index contributed by atoms with van der Waals surface area (Å²) in [5.74, 6) is 0. The fourth-order valence-corrected chi connectivity index (χ4v) is 0. The van der Waals surface area contributed by atoms with E-state index in [9.17, 15) is 0 Å². The third-order valence-corrected chi connectivity index (χ3v) is 0. The van der Waals surface area contributed by atoms with E-state index in [2.05, 4.69) is 0 Å². The Balaban J connectivity index is -0.0000000200. The van der Waals surface area contributed by atoms with Crippen molar-refractivity contribution in [2.24, 2.45) is 0 Å². The van der Waals surface area contributed by atoms with Gasteiger partial charge in [0.15, 0.2) is 0 Å². The maximum atomic E-state index is 8.40. The zero-order valence-corrected chi connectivity index (χ0v) is 8.32. The van der Waals surface area contributed by atoms with Gasteiger partial charge in [-0.1, -0.05) is 0 Å². The van der Waals surface area contributed by atoms with Gasteiger partial charge in [-0.25, -0.2) is 0 Å². The van der Waals surface area contributed by atoms with Crippen molar-refractivity contribution < 1.29 is 68.9 Å². The Labute approximate surface area is 76.9 Å². The third kappa shape index (κ3) is 21.8. The molecule has 2 nitrogen and oxygen atoms in total. The molecule has 0 rings (SSSR count). The Bertz CT molecular complexity index is 7.61. The summed E-state index contributed by atoms with van der Waals surface area (Å²) in [6.07, 6.45) is 0. The van der Waals surface area contributed by atoms with E-state index in [1.165, 1.54) is 0 Å². The Hall–Kier alpha value is 2.35. The fourth-order valence-electron chi connectivity index (χ4n) is 0. The zero-order valence-electron chi connectivity index (χ0n) is 3.32. The van der Waals surface area contributed by atoms with Crippen LogP contribution in [0.4, 0.5) is 0 Å². The van der Waals surface area contributed by atoms with Crippen LogP contribution in [0, 0.1) is 0 Å². The fraction of sp³-hybridized carbons (Fsp3) is 0. The number of hydrogen-bond acceptors (Lipinski definition) is 2. The summed E-state index contributed by atoms with van der Waals surface area (Å²) in [6.45, 7) is 0. The van der Waals surface area contributed by atoms with Gasteiger partial charge in [0.2, 0.25) is 0 Å². The summed E-state index contributed by atoms with van der Waals surface area (Å²) in [4.78, 5) is 16.8. The van der Waals surface area contributed by atoms with Crippen LogP contribution in [-0.4, -0.2) is 0 Å². The van der Waals surface area contributed by atoms with Crippen molar-refractivity contribution in [1.82, 2.24) is 0 Å². The molecule has 0 fully saturated rings. The number of hydrogen-bond donors (Lipinski definition) is 0. The van der Waals surface area contributed by atoms with Crippen LogP contribution in [0.2, 0.25) is 0 Å². The van der Waals surface area contributed by atoms with Crippen LogP contribution in [0.5, 0.6) is 0 Å². The van der Waals surface area contributed by atoms with Crippen LogP contribution in [0.1, 0.15) is 0 Å². The SMILES string of the molecule is [Na+].[Na+].[O-]P[O-]. The van der Waals surface area contributed by atoms with Crippen LogP contribution < -0.4 is 68.9 Å². The van der Waals surface area contributed by atoms with Gasteiger partial charge in [0, 0.05) is 0 Å².